The van der Waals surface area contributed by atoms with Gasteiger partial charge >= 0.3 is 5.97 Å². The van der Waals surface area contributed by atoms with Gasteiger partial charge in [0.15, 0.2) is 6.10 Å². The Morgan fingerprint density at radius 3 is 2.34 bits per heavy atom. The summed E-state index contributed by atoms with van der Waals surface area (Å²) >= 11 is 5.89. The number of ether oxygens (including phenoxy) is 1. The van der Waals surface area contributed by atoms with Crippen LogP contribution in [0, 0.1) is 11.8 Å². The van der Waals surface area contributed by atoms with E-state index in [-0.39, 0.29) is 11.8 Å². The van der Waals surface area contributed by atoms with Crippen LogP contribution in [0.25, 0.3) is 0 Å². The summed E-state index contributed by atoms with van der Waals surface area (Å²) in [5.74, 6) is -0.425. The topological polar surface area (TPSA) is 66.9 Å². The van der Waals surface area contributed by atoms with Gasteiger partial charge in [-0.3, -0.25) is 14.4 Å². The van der Waals surface area contributed by atoms with Crippen LogP contribution in [0.4, 0.5) is 0 Å². The molecule has 0 N–H and O–H groups in total. The Labute approximate surface area is 177 Å². The quantitative estimate of drug-likeness (QED) is 0.700. The molecule has 2 saturated heterocycles. The van der Waals surface area contributed by atoms with Crippen LogP contribution < -0.4 is 0 Å². The zero-order valence-electron chi connectivity index (χ0n) is 17.1. The fourth-order valence-electron chi connectivity index (χ4n) is 3.94. The van der Waals surface area contributed by atoms with Crippen molar-refractivity contribution in [3.63, 3.8) is 0 Å². The molecular formula is C22H29ClN2O4. The molecule has 2 fully saturated rings. The zero-order chi connectivity index (χ0) is 21.0. The van der Waals surface area contributed by atoms with Crippen molar-refractivity contribution in [2.24, 2.45) is 11.8 Å². The second-order valence-electron chi connectivity index (χ2n) is 8.18. The van der Waals surface area contributed by atoms with Crippen molar-refractivity contribution in [3.8, 4) is 0 Å². The molecule has 2 atom stereocenters. The molecule has 0 aromatic heterocycles. The van der Waals surface area contributed by atoms with Crippen LogP contribution in [0.2, 0.25) is 5.02 Å². The molecule has 0 radical (unpaired) electrons. The molecule has 0 saturated carbocycles. The summed E-state index contributed by atoms with van der Waals surface area (Å²) in [6, 6.07) is 6.73. The third-order valence-corrected chi connectivity index (χ3v) is 6.12. The lowest BCUT2D eigenvalue weighted by Crippen LogP contribution is -2.46. The van der Waals surface area contributed by atoms with Gasteiger partial charge in [0, 0.05) is 36.8 Å². The van der Waals surface area contributed by atoms with Crippen molar-refractivity contribution in [2.75, 3.05) is 26.2 Å². The molecule has 0 bridgehead atoms. The molecule has 2 amide bonds. The van der Waals surface area contributed by atoms with Crippen LogP contribution >= 0.6 is 11.6 Å². The van der Waals surface area contributed by atoms with Crippen LogP contribution in [0.3, 0.4) is 0 Å². The van der Waals surface area contributed by atoms with Crippen molar-refractivity contribution < 1.29 is 19.1 Å². The van der Waals surface area contributed by atoms with Crippen molar-refractivity contribution in [1.82, 2.24) is 9.80 Å². The van der Waals surface area contributed by atoms with Crippen LogP contribution in [0.15, 0.2) is 24.3 Å². The fraction of sp³-hybridized carbons (Fsp3) is 0.591. The minimum Gasteiger partial charge on any atom is -0.452 e. The maximum Gasteiger partial charge on any atom is 0.311 e. The Morgan fingerprint density at radius 1 is 1.03 bits per heavy atom. The third kappa shape index (κ3) is 5.50. The fourth-order valence-corrected chi connectivity index (χ4v) is 4.06. The molecule has 2 heterocycles. The Hall–Kier alpha value is -2.08. The van der Waals surface area contributed by atoms with Gasteiger partial charge in [-0.1, -0.05) is 18.5 Å². The average Bonchev–Trinajstić information content (AvgIpc) is 2.74. The highest BCUT2D eigenvalue weighted by Crippen LogP contribution is 2.22. The van der Waals surface area contributed by atoms with Crippen molar-refractivity contribution in [2.45, 2.75) is 45.6 Å². The SMILES string of the molecule is CC1CCN(C(=O)[C@H](C)OC(=O)[C@@H]2CCCN(C(=O)c3ccc(Cl)cc3)C2)CC1. The molecule has 3 rings (SSSR count). The van der Waals surface area contributed by atoms with Gasteiger partial charge in [-0.15, -0.1) is 0 Å². The number of halogens is 1. The van der Waals surface area contributed by atoms with E-state index in [1.54, 1.807) is 41.0 Å². The molecule has 158 valence electrons. The first-order chi connectivity index (χ1) is 13.8. The van der Waals surface area contributed by atoms with E-state index in [1.807, 2.05) is 0 Å². The maximum absolute atomic E-state index is 12.7. The molecule has 29 heavy (non-hydrogen) atoms. The predicted octanol–water partition coefficient (Wildman–Crippen LogP) is 3.38. The Morgan fingerprint density at radius 2 is 1.69 bits per heavy atom. The lowest BCUT2D eigenvalue weighted by molar-refractivity contribution is -0.164. The van der Waals surface area contributed by atoms with Gasteiger partial charge in [0.25, 0.3) is 11.8 Å². The summed E-state index contributed by atoms with van der Waals surface area (Å²) in [6.45, 7) is 6.17. The van der Waals surface area contributed by atoms with E-state index in [4.69, 9.17) is 16.3 Å². The van der Waals surface area contributed by atoms with Gasteiger partial charge in [-0.25, -0.2) is 0 Å². The minimum absolute atomic E-state index is 0.120. The summed E-state index contributed by atoms with van der Waals surface area (Å²) in [5, 5.41) is 0.573. The van der Waals surface area contributed by atoms with Gasteiger partial charge in [-0.2, -0.15) is 0 Å². The second-order valence-corrected chi connectivity index (χ2v) is 8.62. The van der Waals surface area contributed by atoms with Crippen LogP contribution in [-0.4, -0.2) is 59.9 Å². The number of hydrogen-bond acceptors (Lipinski definition) is 4. The maximum atomic E-state index is 12.7. The normalized spacial score (nSPS) is 21.6. The number of rotatable bonds is 4. The van der Waals surface area contributed by atoms with Crippen molar-refractivity contribution in [1.29, 1.82) is 0 Å². The largest absolute Gasteiger partial charge is 0.452 e. The summed E-state index contributed by atoms with van der Waals surface area (Å²) < 4.78 is 5.50. The molecule has 1 aromatic carbocycles. The molecule has 0 spiro atoms. The van der Waals surface area contributed by atoms with E-state index in [2.05, 4.69) is 6.92 Å². The standard InChI is InChI=1S/C22H29ClN2O4/c1-15-9-12-24(13-10-15)20(26)16(2)29-22(28)18-4-3-11-25(14-18)21(27)17-5-7-19(23)8-6-17/h5-8,15-16,18H,3-4,9-14H2,1-2H3/t16-,18+/m0/s1. The monoisotopic (exact) mass is 420 g/mol. The molecule has 2 aliphatic rings. The number of esters is 1. The highest BCUT2D eigenvalue weighted by atomic mass is 35.5. The zero-order valence-corrected chi connectivity index (χ0v) is 17.9. The summed E-state index contributed by atoms with van der Waals surface area (Å²) in [4.78, 5) is 41.4. The predicted molar refractivity (Wildman–Crippen MR) is 111 cm³/mol. The highest BCUT2D eigenvalue weighted by molar-refractivity contribution is 6.30. The molecule has 1 aromatic rings. The van der Waals surface area contributed by atoms with Gasteiger partial charge in [-0.05, 0) is 62.8 Å². The van der Waals surface area contributed by atoms with Crippen LogP contribution in [0.1, 0.15) is 49.9 Å². The van der Waals surface area contributed by atoms with Crippen molar-refractivity contribution >= 4 is 29.4 Å². The molecule has 6 nitrogen and oxygen atoms in total. The lowest BCUT2D eigenvalue weighted by Gasteiger charge is -2.34. The number of piperidine rings is 2. The summed E-state index contributed by atoms with van der Waals surface area (Å²) in [5.41, 5.74) is 0.547. The summed E-state index contributed by atoms with van der Waals surface area (Å²) in [6.07, 6.45) is 2.56. The van der Waals surface area contributed by atoms with E-state index in [0.29, 0.717) is 49.1 Å². The number of carbonyl (C=O) groups excluding carboxylic acids is 3. The van der Waals surface area contributed by atoms with E-state index in [0.717, 1.165) is 19.3 Å². The Bertz CT molecular complexity index is 744. The number of hydrogen-bond donors (Lipinski definition) is 0. The molecule has 7 heteroatoms. The second kappa shape index (κ2) is 9.61. The van der Waals surface area contributed by atoms with Crippen LogP contribution in [0.5, 0.6) is 0 Å². The number of likely N-dealkylation sites (tertiary alicyclic amines) is 2. The molecule has 0 unspecified atom stereocenters. The van der Waals surface area contributed by atoms with Gasteiger partial charge in [0.2, 0.25) is 0 Å². The highest BCUT2D eigenvalue weighted by Gasteiger charge is 2.33. The summed E-state index contributed by atoms with van der Waals surface area (Å²) in [7, 11) is 0. The Kier molecular flexibility index (Phi) is 7.17. The first-order valence-electron chi connectivity index (χ1n) is 10.4. The number of amides is 2. The van der Waals surface area contributed by atoms with E-state index in [1.165, 1.54) is 0 Å². The first kappa shape index (κ1) is 21.6. The lowest BCUT2D eigenvalue weighted by atomic mass is 9.97. The first-order valence-corrected chi connectivity index (χ1v) is 10.8. The minimum atomic E-state index is -0.793. The van der Waals surface area contributed by atoms with Gasteiger partial charge in [0.05, 0.1) is 5.92 Å². The number of nitrogens with zero attached hydrogens (tertiary/aromatic N) is 2. The van der Waals surface area contributed by atoms with Crippen LogP contribution in [-0.2, 0) is 14.3 Å². The van der Waals surface area contributed by atoms with E-state index in [9.17, 15) is 14.4 Å². The molecule has 2 aliphatic heterocycles. The van der Waals surface area contributed by atoms with E-state index >= 15 is 0 Å². The number of benzene rings is 1. The van der Waals surface area contributed by atoms with E-state index < -0.39 is 18.0 Å². The number of carbonyl (C=O) groups is 3. The van der Waals surface area contributed by atoms with Gasteiger partial charge < -0.3 is 14.5 Å². The average molecular weight is 421 g/mol. The van der Waals surface area contributed by atoms with Gasteiger partial charge in [0.1, 0.15) is 0 Å². The molecule has 0 aliphatic carbocycles. The Balaban J connectivity index is 1.54. The van der Waals surface area contributed by atoms with Crippen molar-refractivity contribution in [3.05, 3.63) is 34.9 Å². The smallest absolute Gasteiger partial charge is 0.311 e. The third-order valence-electron chi connectivity index (χ3n) is 5.87. The molecular weight excluding hydrogens is 392 g/mol.